The SMILES string of the molecule is COC(=O)CS(=O)(=O)N1CCOCC1C(=O)OC. The molecule has 0 aromatic heterocycles. The molecule has 0 aliphatic carbocycles. The Bertz CT molecular complexity index is 419. The molecule has 1 fully saturated rings. The van der Waals surface area contributed by atoms with Crippen LogP contribution in [0.1, 0.15) is 0 Å². The molecule has 1 aliphatic rings. The van der Waals surface area contributed by atoms with E-state index in [-0.39, 0.29) is 19.8 Å². The first-order chi connectivity index (χ1) is 8.42. The zero-order valence-corrected chi connectivity index (χ0v) is 10.9. The van der Waals surface area contributed by atoms with Gasteiger partial charge < -0.3 is 14.2 Å². The Kier molecular flexibility index (Phi) is 5.05. The van der Waals surface area contributed by atoms with Gasteiger partial charge in [-0.2, -0.15) is 4.31 Å². The summed E-state index contributed by atoms with van der Waals surface area (Å²) in [6, 6.07) is -1.06. The molecule has 1 saturated heterocycles. The molecule has 104 valence electrons. The van der Waals surface area contributed by atoms with Crippen LogP contribution in [-0.4, -0.2) is 70.4 Å². The Morgan fingerprint density at radius 2 is 2.00 bits per heavy atom. The highest BCUT2D eigenvalue weighted by Gasteiger charge is 2.39. The zero-order chi connectivity index (χ0) is 13.8. The van der Waals surface area contributed by atoms with Crippen LogP contribution in [0, 0.1) is 0 Å². The molecule has 1 heterocycles. The predicted molar refractivity (Wildman–Crippen MR) is 59.1 cm³/mol. The van der Waals surface area contributed by atoms with Gasteiger partial charge in [0.2, 0.25) is 10.0 Å². The molecular formula is C9H15NO7S. The fourth-order valence-corrected chi connectivity index (χ4v) is 3.00. The smallest absolute Gasteiger partial charge is 0.326 e. The Morgan fingerprint density at radius 1 is 1.33 bits per heavy atom. The van der Waals surface area contributed by atoms with Gasteiger partial charge in [0.25, 0.3) is 0 Å². The maximum Gasteiger partial charge on any atom is 0.326 e. The Hall–Kier alpha value is -1.19. The molecule has 0 spiro atoms. The van der Waals surface area contributed by atoms with Gasteiger partial charge in [-0.15, -0.1) is 0 Å². The van der Waals surface area contributed by atoms with Crippen LogP contribution in [0.5, 0.6) is 0 Å². The lowest BCUT2D eigenvalue weighted by molar-refractivity contribution is -0.150. The second-order valence-corrected chi connectivity index (χ2v) is 5.48. The van der Waals surface area contributed by atoms with E-state index in [0.717, 1.165) is 18.5 Å². The van der Waals surface area contributed by atoms with Crippen LogP contribution >= 0.6 is 0 Å². The van der Waals surface area contributed by atoms with Crippen molar-refractivity contribution in [2.24, 2.45) is 0 Å². The molecule has 1 aliphatic heterocycles. The zero-order valence-electron chi connectivity index (χ0n) is 10.1. The minimum atomic E-state index is -3.92. The third-order valence-corrected chi connectivity index (χ3v) is 4.19. The largest absolute Gasteiger partial charge is 0.468 e. The molecule has 0 aromatic rings. The van der Waals surface area contributed by atoms with Crippen molar-refractivity contribution in [3.63, 3.8) is 0 Å². The lowest BCUT2D eigenvalue weighted by Crippen LogP contribution is -2.54. The van der Waals surface area contributed by atoms with Gasteiger partial charge in [-0.3, -0.25) is 9.59 Å². The molecule has 1 atom stereocenters. The summed E-state index contributed by atoms with van der Waals surface area (Å²) < 4.78 is 38.7. The maximum absolute atomic E-state index is 11.9. The highest BCUT2D eigenvalue weighted by molar-refractivity contribution is 7.89. The summed E-state index contributed by atoms with van der Waals surface area (Å²) in [5.74, 6) is -2.41. The molecule has 9 heteroatoms. The summed E-state index contributed by atoms with van der Waals surface area (Å²) in [5, 5.41) is 0. The van der Waals surface area contributed by atoms with Crippen molar-refractivity contribution >= 4 is 22.0 Å². The minimum absolute atomic E-state index is 0.000899. The number of esters is 2. The van der Waals surface area contributed by atoms with E-state index in [0.29, 0.717) is 0 Å². The predicted octanol–water partition coefficient (Wildman–Crippen LogP) is -1.64. The fraction of sp³-hybridized carbons (Fsp3) is 0.778. The summed E-state index contributed by atoms with van der Waals surface area (Å²) in [5.41, 5.74) is 0. The third-order valence-electron chi connectivity index (χ3n) is 2.44. The van der Waals surface area contributed by atoms with E-state index in [1.54, 1.807) is 0 Å². The number of carbonyl (C=O) groups is 2. The summed E-state index contributed by atoms with van der Waals surface area (Å²) in [7, 11) is -1.67. The molecule has 8 nitrogen and oxygen atoms in total. The number of rotatable bonds is 4. The van der Waals surface area contributed by atoms with E-state index < -0.39 is 33.8 Å². The van der Waals surface area contributed by atoms with E-state index in [4.69, 9.17) is 4.74 Å². The number of nitrogens with zero attached hydrogens (tertiary/aromatic N) is 1. The highest BCUT2D eigenvalue weighted by Crippen LogP contribution is 2.14. The molecule has 0 amide bonds. The average Bonchev–Trinajstić information content (AvgIpc) is 2.37. The van der Waals surface area contributed by atoms with Crippen molar-refractivity contribution in [2.45, 2.75) is 6.04 Å². The second kappa shape index (κ2) is 6.12. The molecular weight excluding hydrogens is 266 g/mol. The first-order valence-corrected chi connectivity index (χ1v) is 6.75. The molecule has 0 N–H and O–H groups in total. The maximum atomic E-state index is 11.9. The van der Waals surface area contributed by atoms with E-state index >= 15 is 0 Å². The molecule has 0 saturated carbocycles. The fourth-order valence-electron chi connectivity index (χ4n) is 1.53. The Labute approximate surface area is 105 Å². The number of hydrogen-bond acceptors (Lipinski definition) is 7. The minimum Gasteiger partial charge on any atom is -0.468 e. The van der Waals surface area contributed by atoms with Crippen LogP contribution < -0.4 is 0 Å². The summed E-state index contributed by atoms with van der Waals surface area (Å²) in [6.45, 7) is 0.0695. The van der Waals surface area contributed by atoms with E-state index in [9.17, 15) is 18.0 Å². The summed E-state index contributed by atoms with van der Waals surface area (Å²) in [4.78, 5) is 22.5. The number of morpholine rings is 1. The topological polar surface area (TPSA) is 99.2 Å². The van der Waals surface area contributed by atoms with Gasteiger partial charge in [0.1, 0.15) is 6.04 Å². The van der Waals surface area contributed by atoms with Crippen molar-refractivity contribution < 1.29 is 32.2 Å². The summed E-state index contributed by atoms with van der Waals surface area (Å²) in [6.07, 6.45) is 0. The van der Waals surface area contributed by atoms with E-state index in [1.807, 2.05) is 0 Å². The van der Waals surface area contributed by atoms with Crippen molar-refractivity contribution in [1.82, 2.24) is 4.31 Å². The van der Waals surface area contributed by atoms with Gasteiger partial charge in [0, 0.05) is 6.54 Å². The molecule has 0 radical (unpaired) electrons. The van der Waals surface area contributed by atoms with Crippen LogP contribution in [0.3, 0.4) is 0 Å². The monoisotopic (exact) mass is 281 g/mol. The average molecular weight is 281 g/mol. The van der Waals surface area contributed by atoms with Crippen LogP contribution in [0.2, 0.25) is 0 Å². The van der Waals surface area contributed by atoms with Crippen molar-refractivity contribution in [2.75, 3.05) is 39.7 Å². The summed E-state index contributed by atoms with van der Waals surface area (Å²) >= 11 is 0. The number of sulfonamides is 1. The van der Waals surface area contributed by atoms with Crippen molar-refractivity contribution in [1.29, 1.82) is 0 Å². The van der Waals surface area contributed by atoms with E-state index in [1.165, 1.54) is 0 Å². The van der Waals surface area contributed by atoms with Crippen LogP contribution in [-0.2, 0) is 33.8 Å². The van der Waals surface area contributed by atoms with Crippen LogP contribution in [0.4, 0.5) is 0 Å². The number of ether oxygens (including phenoxy) is 3. The standard InChI is InChI=1S/C9H15NO7S/c1-15-8(11)6-18(13,14)10-3-4-17-5-7(10)9(12)16-2/h7H,3-6H2,1-2H3. The molecule has 0 bridgehead atoms. The van der Waals surface area contributed by atoms with Gasteiger partial charge in [0.15, 0.2) is 5.75 Å². The first-order valence-electron chi connectivity index (χ1n) is 5.14. The van der Waals surface area contributed by atoms with Crippen molar-refractivity contribution in [3.05, 3.63) is 0 Å². The second-order valence-electron chi connectivity index (χ2n) is 3.56. The highest BCUT2D eigenvalue weighted by atomic mass is 32.2. The Morgan fingerprint density at radius 3 is 2.56 bits per heavy atom. The van der Waals surface area contributed by atoms with E-state index in [2.05, 4.69) is 9.47 Å². The molecule has 1 rings (SSSR count). The lowest BCUT2D eigenvalue weighted by Gasteiger charge is -2.32. The van der Waals surface area contributed by atoms with Crippen molar-refractivity contribution in [3.8, 4) is 0 Å². The Balaban J connectivity index is 2.89. The van der Waals surface area contributed by atoms with Gasteiger partial charge in [-0.05, 0) is 0 Å². The van der Waals surface area contributed by atoms with Gasteiger partial charge >= 0.3 is 11.9 Å². The van der Waals surface area contributed by atoms with Crippen LogP contribution in [0.25, 0.3) is 0 Å². The number of hydrogen-bond donors (Lipinski definition) is 0. The molecule has 18 heavy (non-hydrogen) atoms. The molecule has 1 unspecified atom stereocenters. The van der Waals surface area contributed by atoms with Gasteiger partial charge in [-0.1, -0.05) is 0 Å². The number of methoxy groups -OCH3 is 2. The normalized spacial score (nSPS) is 21.3. The molecule has 0 aromatic carbocycles. The van der Waals surface area contributed by atoms with Gasteiger partial charge in [-0.25, -0.2) is 8.42 Å². The quantitative estimate of drug-likeness (QED) is 0.570. The lowest BCUT2D eigenvalue weighted by atomic mass is 10.3. The first kappa shape index (κ1) is 14.9. The van der Waals surface area contributed by atoms with Gasteiger partial charge in [0.05, 0.1) is 27.4 Å². The third kappa shape index (κ3) is 3.40. The van der Waals surface area contributed by atoms with Crippen LogP contribution in [0.15, 0.2) is 0 Å². The number of carbonyl (C=O) groups excluding carboxylic acids is 2.